The number of hydrogen-bond donors (Lipinski definition) is 2. The first kappa shape index (κ1) is 26.9. The molecule has 7 nitrogen and oxygen atoms in total. The van der Waals surface area contributed by atoms with Gasteiger partial charge in [-0.2, -0.15) is 13.2 Å². The summed E-state index contributed by atoms with van der Waals surface area (Å²) in [5, 5.41) is 3.70. The molecule has 0 aliphatic rings. The summed E-state index contributed by atoms with van der Waals surface area (Å²) in [4.78, 5) is 34.1. The van der Waals surface area contributed by atoms with Crippen molar-refractivity contribution in [1.82, 2.24) is 20.2 Å². The Morgan fingerprint density at radius 2 is 1.71 bits per heavy atom. The van der Waals surface area contributed by atoms with Gasteiger partial charge in [0, 0.05) is 53.2 Å². The van der Waals surface area contributed by atoms with Crippen LogP contribution in [0, 0.1) is 0 Å². The Morgan fingerprint density at radius 3 is 2.42 bits per heavy atom. The molecule has 0 spiro atoms. The van der Waals surface area contributed by atoms with Crippen molar-refractivity contribution in [3.63, 3.8) is 0 Å². The maximum Gasteiger partial charge on any atom is 0.491 e. The van der Waals surface area contributed by atoms with Crippen LogP contribution in [0.15, 0.2) is 67.0 Å². The number of nitrogens with zero attached hydrogens (tertiary/aromatic N) is 2. The van der Waals surface area contributed by atoms with E-state index < -0.39 is 23.8 Å². The lowest BCUT2D eigenvalue weighted by Gasteiger charge is -2.18. The van der Waals surface area contributed by atoms with Crippen molar-refractivity contribution in [3.8, 4) is 28.1 Å². The van der Waals surface area contributed by atoms with Gasteiger partial charge < -0.3 is 19.9 Å². The highest BCUT2D eigenvalue weighted by Crippen LogP contribution is 2.32. The van der Waals surface area contributed by atoms with Crippen molar-refractivity contribution in [1.29, 1.82) is 0 Å². The maximum absolute atomic E-state index is 13.0. The van der Waals surface area contributed by atoms with Gasteiger partial charge >= 0.3 is 12.1 Å². The van der Waals surface area contributed by atoms with Crippen LogP contribution in [0.5, 0.6) is 5.75 Å². The van der Waals surface area contributed by atoms with Crippen molar-refractivity contribution < 1.29 is 27.5 Å². The molecule has 2 heterocycles. The largest absolute Gasteiger partial charge is 0.491 e. The number of alkyl halides is 3. The van der Waals surface area contributed by atoms with Gasteiger partial charge in [0.2, 0.25) is 0 Å². The molecular weight excluding hydrogens is 497 g/mol. The van der Waals surface area contributed by atoms with E-state index >= 15 is 0 Å². The summed E-state index contributed by atoms with van der Waals surface area (Å²) in [5.74, 6) is -3.53. The molecule has 2 aromatic heterocycles. The Hall–Kier alpha value is -4.18. The van der Waals surface area contributed by atoms with Gasteiger partial charge in [0.05, 0.1) is 5.56 Å². The fraction of sp³-hybridized carbons (Fsp3) is 0.250. The second-order valence-corrected chi connectivity index (χ2v) is 8.61. The zero-order valence-corrected chi connectivity index (χ0v) is 20.9. The molecule has 2 aromatic carbocycles. The summed E-state index contributed by atoms with van der Waals surface area (Å²) in [5.41, 5.74) is 3.34. The Bertz CT molecular complexity index is 1410. The molecule has 0 saturated carbocycles. The standard InChI is InChI=1S/C28H27F3N4O3/c1-3-35(4-2)12-11-33-26(36)22-10-9-18(15-25(22)38-27(37)28(29,30)31)20-13-21(17-32-16-20)24-14-19-7-5-6-8-23(19)34-24/h5-10,13-17,34H,3-4,11-12H2,1-2H3,(H,33,36). The Kier molecular flexibility index (Phi) is 8.11. The van der Waals surface area contributed by atoms with Crippen molar-refractivity contribution in [2.24, 2.45) is 0 Å². The molecule has 0 bridgehead atoms. The number of likely N-dealkylation sites (N-methyl/N-ethyl adjacent to an activating group) is 1. The van der Waals surface area contributed by atoms with Crippen molar-refractivity contribution in [2.75, 3.05) is 26.2 Å². The van der Waals surface area contributed by atoms with Gasteiger partial charge in [0.15, 0.2) is 0 Å². The number of H-pyrrole nitrogens is 1. The van der Waals surface area contributed by atoms with Crippen molar-refractivity contribution in [3.05, 3.63) is 72.6 Å². The van der Waals surface area contributed by atoms with Crippen LogP contribution in [0.25, 0.3) is 33.3 Å². The normalized spacial score (nSPS) is 11.6. The van der Waals surface area contributed by atoms with Gasteiger partial charge in [-0.3, -0.25) is 9.78 Å². The summed E-state index contributed by atoms with van der Waals surface area (Å²) in [7, 11) is 0. The van der Waals surface area contributed by atoms with Crippen LogP contribution < -0.4 is 10.1 Å². The third-order valence-corrected chi connectivity index (χ3v) is 6.18. The molecule has 0 fully saturated rings. The van der Waals surface area contributed by atoms with E-state index in [2.05, 4.69) is 24.9 Å². The average molecular weight is 525 g/mol. The third-order valence-electron chi connectivity index (χ3n) is 6.18. The molecule has 1 amide bonds. The molecule has 2 N–H and O–H groups in total. The predicted octanol–water partition coefficient (Wildman–Crippen LogP) is 5.44. The summed E-state index contributed by atoms with van der Waals surface area (Å²) in [6.45, 7) is 6.41. The summed E-state index contributed by atoms with van der Waals surface area (Å²) in [6, 6.07) is 15.7. The van der Waals surface area contributed by atoms with E-state index in [1.807, 2.05) is 50.2 Å². The number of hydrogen-bond acceptors (Lipinski definition) is 5. The number of pyridine rings is 1. The first-order valence-electron chi connectivity index (χ1n) is 12.2. The Morgan fingerprint density at radius 1 is 0.974 bits per heavy atom. The van der Waals surface area contributed by atoms with E-state index in [0.717, 1.165) is 35.2 Å². The van der Waals surface area contributed by atoms with Crippen LogP contribution >= 0.6 is 0 Å². The van der Waals surface area contributed by atoms with Crippen molar-refractivity contribution in [2.45, 2.75) is 20.0 Å². The molecule has 38 heavy (non-hydrogen) atoms. The van der Waals surface area contributed by atoms with E-state index in [-0.39, 0.29) is 12.1 Å². The molecule has 4 rings (SSSR count). The van der Waals surface area contributed by atoms with E-state index in [1.54, 1.807) is 18.5 Å². The molecule has 10 heteroatoms. The van der Waals surface area contributed by atoms with Gasteiger partial charge in [0.1, 0.15) is 5.75 Å². The molecule has 0 radical (unpaired) electrons. The number of esters is 1. The average Bonchev–Trinajstić information content (AvgIpc) is 3.35. The van der Waals surface area contributed by atoms with Crippen LogP contribution in [0.1, 0.15) is 24.2 Å². The molecule has 0 aliphatic heterocycles. The SMILES string of the molecule is CCN(CC)CCNC(=O)c1ccc(-c2cncc(-c3cc4ccccc4[nH]3)c2)cc1OC(=O)C(F)(F)F. The first-order valence-corrected chi connectivity index (χ1v) is 12.2. The number of aromatic nitrogens is 2. The predicted molar refractivity (Wildman–Crippen MR) is 139 cm³/mol. The summed E-state index contributed by atoms with van der Waals surface area (Å²) in [6.07, 6.45) is -2.01. The fourth-order valence-electron chi connectivity index (χ4n) is 4.07. The number of halogens is 3. The van der Waals surface area contributed by atoms with Crippen LogP contribution in [-0.4, -0.2) is 59.1 Å². The molecule has 0 saturated heterocycles. The lowest BCUT2D eigenvalue weighted by atomic mass is 10.0. The molecule has 0 unspecified atom stereocenters. The number of carbonyl (C=O) groups excluding carboxylic acids is 2. The van der Waals surface area contributed by atoms with Gasteiger partial charge in [-0.1, -0.05) is 38.1 Å². The lowest BCUT2D eigenvalue weighted by Crippen LogP contribution is -2.35. The highest BCUT2D eigenvalue weighted by molar-refractivity contribution is 5.98. The number of rotatable bonds is 9. The minimum atomic E-state index is -5.22. The number of amides is 1. The number of para-hydroxylation sites is 1. The minimum absolute atomic E-state index is 0.175. The fourth-order valence-corrected chi connectivity index (χ4v) is 4.07. The monoisotopic (exact) mass is 524 g/mol. The van der Waals surface area contributed by atoms with Crippen molar-refractivity contribution >= 4 is 22.8 Å². The number of ether oxygens (including phenoxy) is 1. The highest BCUT2D eigenvalue weighted by atomic mass is 19.4. The maximum atomic E-state index is 13.0. The third kappa shape index (κ3) is 6.20. The second-order valence-electron chi connectivity index (χ2n) is 8.61. The number of aromatic amines is 1. The van der Waals surface area contributed by atoms with Gasteiger partial charge in [0.25, 0.3) is 5.91 Å². The zero-order valence-electron chi connectivity index (χ0n) is 20.9. The molecule has 0 aliphatic carbocycles. The van der Waals surface area contributed by atoms with Crippen LogP contribution in [0.2, 0.25) is 0 Å². The molecule has 0 atom stereocenters. The molecular formula is C28H27F3N4O3. The number of carbonyl (C=O) groups is 2. The minimum Gasteiger partial charge on any atom is -0.419 e. The number of fused-ring (bicyclic) bond motifs is 1. The van der Waals surface area contributed by atoms with Crippen LogP contribution in [0.3, 0.4) is 0 Å². The molecule has 198 valence electrons. The quantitative estimate of drug-likeness (QED) is 0.225. The van der Waals surface area contributed by atoms with Gasteiger partial charge in [-0.15, -0.1) is 0 Å². The smallest absolute Gasteiger partial charge is 0.419 e. The summed E-state index contributed by atoms with van der Waals surface area (Å²) < 4.78 is 43.6. The topological polar surface area (TPSA) is 87.3 Å². The number of benzene rings is 2. The summed E-state index contributed by atoms with van der Waals surface area (Å²) >= 11 is 0. The van der Waals surface area contributed by atoms with E-state index in [1.165, 1.54) is 12.1 Å². The van der Waals surface area contributed by atoms with Crippen LogP contribution in [0.4, 0.5) is 13.2 Å². The zero-order chi connectivity index (χ0) is 27.3. The van der Waals surface area contributed by atoms with E-state index in [4.69, 9.17) is 0 Å². The first-order chi connectivity index (χ1) is 18.2. The Balaban J connectivity index is 1.64. The number of nitrogens with one attached hydrogen (secondary N) is 2. The molecule has 4 aromatic rings. The second kappa shape index (κ2) is 11.5. The van der Waals surface area contributed by atoms with Crippen LogP contribution in [-0.2, 0) is 4.79 Å². The van der Waals surface area contributed by atoms with E-state index in [9.17, 15) is 22.8 Å². The highest BCUT2D eigenvalue weighted by Gasteiger charge is 2.42. The van der Waals surface area contributed by atoms with Gasteiger partial charge in [-0.05, 0) is 49.0 Å². The lowest BCUT2D eigenvalue weighted by molar-refractivity contribution is -0.189. The Labute approximate surface area is 217 Å². The van der Waals surface area contributed by atoms with Gasteiger partial charge in [-0.25, -0.2) is 4.79 Å². The van der Waals surface area contributed by atoms with E-state index in [0.29, 0.717) is 17.7 Å².